The maximum absolute atomic E-state index is 12.9. The van der Waals surface area contributed by atoms with E-state index >= 15 is 0 Å². The van der Waals surface area contributed by atoms with Crippen LogP contribution in [0.2, 0.25) is 0 Å². The maximum atomic E-state index is 12.9. The molecule has 2 aromatic carbocycles. The van der Waals surface area contributed by atoms with E-state index < -0.39 is 6.10 Å². The van der Waals surface area contributed by atoms with Crippen LogP contribution in [0.1, 0.15) is 30.4 Å². The molecule has 0 spiro atoms. The Labute approximate surface area is 176 Å². The summed E-state index contributed by atoms with van der Waals surface area (Å²) in [4.78, 5) is 18.9. The number of methoxy groups -OCH3 is 1. The molecule has 0 N–H and O–H groups in total. The second-order valence-electron chi connectivity index (χ2n) is 7.15. The molecule has 0 bridgehead atoms. The molecule has 1 atom stereocenters. The van der Waals surface area contributed by atoms with Gasteiger partial charge in [0.25, 0.3) is 5.91 Å². The minimum atomic E-state index is -0.584. The predicted octanol–water partition coefficient (Wildman–Crippen LogP) is 4.18. The van der Waals surface area contributed by atoms with E-state index in [0.717, 1.165) is 28.2 Å². The fraction of sp³-hybridized carbons (Fsp3) is 0.348. The Kier molecular flexibility index (Phi) is 6.72. The SMILES string of the molecule is CCC(Oc1cccc(C)c1C)C(=O)N(C)Cc1nc(-c2ccc(OC)cc2)no1. The van der Waals surface area contributed by atoms with Crippen LogP contribution in [0.5, 0.6) is 11.5 Å². The quantitative estimate of drug-likeness (QED) is 0.555. The molecule has 0 aliphatic heterocycles. The van der Waals surface area contributed by atoms with Crippen LogP contribution in [0.3, 0.4) is 0 Å². The zero-order valence-corrected chi connectivity index (χ0v) is 18.0. The highest BCUT2D eigenvalue weighted by molar-refractivity contribution is 5.81. The molecular weight excluding hydrogens is 382 g/mol. The van der Waals surface area contributed by atoms with Crippen LogP contribution < -0.4 is 9.47 Å². The Hall–Kier alpha value is -3.35. The van der Waals surface area contributed by atoms with Gasteiger partial charge in [-0.05, 0) is 61.7 Å². The van der Waals surface area contributed by atoms with Crippen molar-refractivity contribution in [1.29, 1.82) is 0 Å². The van der Waals surface area contributed by atoms with Crippen LogP contribution in [0.4, 0.5) is 0 Å². The van der Waals surface area contributed by atoms with Crippen molar-refractivity contribution in [3.63, 3.8) is 0 Å². The number of carbonyl (C=O) groups is 1. The van der Waals surface area contributed by atoms with Gasteiger partial charge in [-0.15, -0.1) is 0 Å². The van der Waals surface area contributed by atoms with Crippen LogP contribution in [0, 0.1) is 13.8 Å². The second-order valence-corrected chi connectivity index (χ2v) is 7.15. The molecule has 1 heterocycles. The Balaban J connectivity index is 1.66. The van der Waals surface area contributed by atoms with Gasteiger partial charge in [-0.25, -0.2) is 0 Å². The number of aryl methyl sites for hydroxylation is 1. The second kappa shape index (κ2) is 9.43. The normalized spacial score (nSPS) is 11.8. The summed E-state index contributed by atoms with van der Waals surface area (Å²) in [6.45, 7) is 6.14. The maximum Gasteiger partial charge on any atom is 0.263 e. The Morgan fingerprint density at radius 2 is 1.90 bits per heavy atom. The molecule has 30 heavy (non-hydrogen) atoms. The summed E-state index contributed by atoms with van der Waals surface area (Å²) < 4.78 is 16.5. The van der Waals surface area contributed by atoms with Gasteiger partial charge in [0.2, 0.25) is 11.7 Å². The summed E-state index contributed by atoms with van der Waals surface area (Å²) in [5, 5.41) is 4.01. The number of nitrogens with zero attached hydrogens (tertiary/aromatic N) is 3. The van der Waals surface area contributed by atoms with Gasteiger partial charge in [0.05, 0.1) is 13.7 Å². The first-order valence-electron chi connectivity index (χ1n) is 9.87. The molecule has 3 rings (SSSR count). The van der Waals surface area contributed by atoms with E-state index in [1.54, 1.807) is 19.1 Å². The van der Waals surface area contributed by atoms with Gasteiger partial charge < -0.3 is 18.9 Å². The number of benzene rings is 2. The molecule has 158 valence electrons. The minimum absolute atomic E-state index is 0.136. The number of ether oxygens (including phenoxy) is 2. The molecule has 0 saturated heterocycles. The van der Waals surface area contributed by atoms with Gasteiger partial charge in [0.15, 0.2) is 6.10 Å². The first-order chi connectivity index (χ1) is 14.4. The van der Waals surface area contributed by atoms with Gasteiger partial charge in [0.1, 0.15) is 11.5 Å². The molecule has 1 aromatic heterocycles. The highest BCUT2D eigenvalue weighted by atomic mass is 16.5. The Morgan fingerprint density at radius 3 is 2.57 bits per heavy atom. The summed E-state index contributed by atoms with van der Waals surface area (Å²) in [5.74, 6) is 2.17. The minimum Gasteiger partial charge on any atom is -0.497 e. The molecule has 0 radical (unpaired) electrons. The predicted molar refractivity (Wildman–Crippen MR) is 113 cm³/mol. The molecular formula is C23H27N3O4. The van der Waals surface area contributed by atoms with Crippen LogP contribution in [0.15, 0.2) is 47.0 Å². The van der Waals surface area contributed by atoms with Crippen molar-refractivity contribution in [1.82, 2.24) is 15.0 Å². The van der Waals surface area contributed by atoms with Gasteiger partial charge in [-0.3, -0.25) is 4.79 Å². The number of amides is 1. The molecule has 3 aromatic rings. The molecule has 1 unspecified atom stereocenters. The number of likely N-dealkylation sites (N-methyl/N-ethyl adjacent to an activating group) is 1. The third-order valence-electron chi connectivity index (χ3n) is 5.04. The highest BCUT2D eigenvalue weighted by Crippen LogP contribution is 2.23. The van der Waals surface area contributed by atoms with E-state index in [1.165, 1.54) is 0 Å². The summed E-state index contributed by atoms with van der Waals surface area (Å²) in [6.07, 6.45) is -0.0308. The van der Waals surface area contributed by atoms with Crippen LogP contribution in [-0.2, 0) is 11.3 Å². The number of rotatable bonds is 8. The lowest BCUT2D eigenvalue weighted by atomic mass is 10.1. The lowest BCUT2D eigenvalue weighted by molar-refractivity contribution is -0.138. The third kappa shape index (κ3) is 4.79. The topological polar surface area (TPSA) is 77.7 Å². The average Bonchev–Trinajstić information content (AvgIpc) is 3.22. The summed E-state index contributed by atoms with van der Waals surface area (Å²) in [7, 11) is 3.32. The molecule has 0 aliphatic rings. The lowest BCUT2D eigenvalue weighted by Gasteiger charge is -2.23. The fourth-order valence-corrected chi connectivity index (χ4v) is 3.02. The van der Waals surface area contributed by atoms with Gasteiger partial charge in [-0.1, -0.05) is 24.2 Å². The van der Waals surface area contributed by atoms with E-state index in [-0.39, 0.29) is 12.5 Å². The van der Waals surface area contributed by atoms with E-state index in [0.29, 0.717) is 18.1 Å². The Morgan fingerprint density at radius 1 is 1.17 bits per heavy atom. The molecule has 0 aliphatic carbocycles. The van der Waals surface area contributed by atoms with Crippen molar-refractivity contribution in [2.75, 3.05) is 14.2 Å². The zero-order chi connectivity index (χ0) is 21.7. The van der Waals surface area contributed by atoms with Crippen molar-refractivity contribution < 1.29 is 18.8 Å². The summed E-state index contributed by atoms with van der Waals surface area (Å²) in [6, 6.07) is 13.2. The average molecular weight is 409 g/mol. The van der Waals surface area contributed by atoms with E-state index in [9.17, 15) is 4.79 Å². The summed E-state index contributed by atoms with van der Waals surface area (Å²) in [5.41, 5.74) is 2.97. The van der Waals surface area contributed by atoms with Gasteiger partial charge >= 0.3 is 0 Å². The van der Waals surface area contributed by atoms with Crippen molar-refractivity contribution in [3.8, 4) is 22.9 Å². The molecule has 1 amide bonds. The largest absolute Gasteiger partial charge is 0.497 e. The van der Waals surface area contributed by atoms with Crippen LogP contribution >= 0.6 is 0 Å². The smallest absolute Gasteiger partial charge is 0.263 e. The first-order valence-corrected chi connectivity index (χ1v) is 9.87. The molecule has 0 fully saturated rings. The molecule has 7 nitrogen and oxygen atoms in total. The highest BCUT2D eigenvalue weighted by Gasteiger charge is 2.24. The van der Waals surface area contributed by atoms with Crippen molar-refractivity contribution in [2.24, 2.45) is 0 Å². The zero-order valence-electron chi connectivity index (χ0n) is 18.0. The van der Waals surface area contributed by atoms with Gasteiger partial charge in [0, 0.05) is 12.6 Å². The van der Waals surface area contributed by atoms with Crippen LogP contribution in [-0.4, -0.2) is 41.2 Å². The molecule has 7 heteroatoms. The Bertz CT molecular complexity index is 998. The van der Waals surface area contributed by atoms with E-state index in [4.69, 9.17) is 14.0 Å². The first kappa shape index (κ1) is 21.4. The van der Waals surface area contributed by atoms with Gasteiger partial charge in [-0.2, -0.15) is 4.98 Å². The standard InChI is InChI=1S/C23H27N3O4/c1-6-19(29-20-9-7-8-15(2)16(20)3)23(27)26(4)14-21-24-22(25-30-21)17-10-12-18(28-5)13-11-17/h7-13,19H,6,14H2,1-5H3. The summed E-state index contributed by atoms with van der Waals surface area (Å²) >= 11 is 0. The molecule has 0 saturated carbocycles. The van der Waals surface area contributed by atoms with E-state index in [2.05, 4.69) is 10.1 Å². The van der Waals surface area contributed by atoms with Crippen molar-refractivity contribution in [2.45, 2.75) is 39.8 Å². The number of hydrogen-bond donors (Lipinski definition) is 0. The van der Waals surface area contributed by atoms with Crippen LogP contribution in [0.25, 0.3) is 11.4 Å². The van der Waals surface area contributed by atoms with Crippen molar-refractivity contribution in [3.05, 3.63) is 59.5 Å². The monoisotopic (exact) mass is 409 g/mol. The number of hydrogen-bond acceptors (Lipinski definition) is 6. The van der Waals surface area contributed by atoms with Crippen molar-refractivity contribution >= 4 is 5.91 Å². The number of aromatic nitrogens is 2. The third-order valence-corrected chi connectivity index (χ3v) is 5.04. The number of carbonyl (C=O) groups excluding carboxylic acids is 1. The van der Waals surface area contributed by atoms with E-state index in [1.807, 2.05) is 63.2 Å². The lowest BCUT2D eigenvalue weighted by Crippen LogP contribution is -2.39. The fourth-order valence-electron chi connectivity index (χ4n) is 3.02.